The van der Waals surface area contributed by atoms with Crippen LogP contribution in [0.5, 0.6) is 5.75 Å². The number of fused-ring (bicyclic) bond motifs is 1. The fourth-order valence-electron chi connectivity index (χ4n) is 3.97. The van der Waals surface area contributed by atoms with Crippen molar-refractivity contribution >= 4 is 34.8 Å². The fourth-order valence-corrected chi connectivity index (χ4v) is 3.97. The molecule has 1 fully saturated rings. The molecule has 206 valence electrons. The van der Waals surface area contributed by atoms with Gasteiger partial charge in [-0.3, -0.25) is 14.4 Å². The molecule has 1 aromatic carbocycles. The van der Waals surface area contributed by atoms with E-state index in [1.165, 1.54) is 12.1 Å². The molecule has 0 aliphatic carbocycles. The summed E-state index contributed by atoms with van der Waals surface area (Å²) >= 11 is 0. The lowest BCUT2D eigenvalue weighted by molar-refractivity contribution is -0.283. The highest BCUT2D eigenvalue weighted by molar-refractivity contribution is 5.81. The molecule has 0 spiro atoms. The average Bonchev–Trinajstić information content (AvgIpc) is 2.81. The highest BCUT2D eigenvalue weighted by atomic mass is 16.7. The third-order valence-corrected chi connectivity index (χ3v) is 5.55. The Hall–Kier alpha value is -3.93. The molecule has 5 unspecified atom stereocenters. The molecule has 38 heavy (non-hydrogen) atoms. The number of carbonyl (C=O) groups excluding carboxylic acids is 4. The van der Waals surface area contributed by atoms with E-state index in [4.69, 9.17) is 32.8 Å². The number of esters is 4. The maximum Gasteiger partial charge on any atom is 0.339 e. The van der Waals surface area contributed by atoms with Gasteiger partial charge < -0.3 is 32.8 Å². The highest BCUT2D eigenvalue weighted by Gasteiger charge is 2.56. The molecule has 1 aliphatic heterocycles. The Kier molecular flexibility index (Phi) is 9.45. The second-order valence-electron chi connectivity index (χ2n) is 8.69. The van der Waals surface area contributed by atoms with Crippen LogP contribution in [0.15, 0.2) is 33.5 Å². The van der Waals surface area contributed by atoms with Crippen LogP contribution in [0.4, 0.5) is 0 Å². The normalized spacial score (nSPS) is 22.8. The van der Waals surface area contributed by atoms with E-state index in [0.29, 0.717) is 17.4 Å². The van der Waals surface area contributed by atoms with Gasteiger partial charge in [-0.05, 0) is 31.0 Å². The van der Waals surface area contributed by atoms with Crippen molar-refractivity contribution < 1.29 is 52.0 Å². The molecule has 1 saturated heterocycles. The Morgan fingerprint density at radius 1 is 0.895 bits per heavy atom. The Morgan fingerprint density at radius 2 is 1.53 bits per heavy atom. The van der Waals surface area contributed by atoms with Crippen molar-refractivity contribution in [1.82, 2.24) is 0 Å². The zero-order valence-electron chi connectivity index (χ0n) is 21.7. The van der Waals surface area contributed by atoms with E-state index >= 15 is 0 Å². The molecule has 2 aromatic rings. The molecule has 12 heteroatoms. The number of aryl methyl sites for hydroxylation is 1. The van der Waals surface area contributed by atoms with Crippen molar-refractivity contribution in [2.75, 3.05) is 6.61 Å². The topological polar surface area (TPSA) is 154 Å². The monoisotopic (exact) mass is 534 g/mol. The summed E-state index contributed by atoms with van der Waals surface area (Å²) in [6.45, 7) is 7.03. The molecular formula is C26H30O12. The molecule has 12 nitrogen and oxygen atoms in total. The molecule has 0 saturated carbocycles. The first kappa shape index (κ1) is 28.6. The van der Waals surface area contributed by atoms with Crippen LogP contribution in [0.3, 0.4) is 0 Å². The van der Waals surface area contributed by atoms with Crippen LogP contribution in [-0.2, 0) is 42.9 Å². The van der Waals surface area contributed by atoms with Crippen molar-refractivity contribution in [2.45, 2.75) is 78.2 Å². The third-order valence-electron chi connectivity index (χ3n) is 5.55. The summed E-state index contributed by atoms with van der Waals surface area (Å²) in [5.41, 5.74) is 0.341. The van der Waals surface area contributed by atoms with E-state index < -0.39 is 60.2 Å². The summed E-state index contributed by atoms with van der Waals surface area (Å²) in [5.74, 6) is -3.15. The van der Waals surface area contributed by atoms with Gasteiger partial charge >= 0.3 is 29.5 Å². The van der Waals surface area contributed by atoms with Crippen molar-refractivity contribution in [2.24, 2.45) is 0 Å². The van der Waals surface area contributed by atoms with Crippen LogP contribution in [0.2, 0.25) is 0 Å². The van der Waals surface area contributed by atoms with Gasteiger partial charge in [0.05, 0.1) is 6.61 Å². The van der Waals surface area contributed by atoms with E-state index in [0.717, 1.165) is 27.2 Å². The first-order chi connectivity index (χ1) is 18.0. The SMILES string of the molecule is CCCCOC(=O)C1OC(Oc2ccc3c(C)cc(=O)oc3c2)C(OC(C)=O)C(OC(C)=O)C1OC(C)=O. The van der Waals surface area contributed by atoms with Gasteiger partial charge in [-0.2, -0.15) is 0 Å². The van der Waals surface area contributed by atoms with Crippen LogP contribution in [0, 0.1) is 6.92 Å². The van der Waals surface area contributed by atoms with Gasteiger partial charge in [-0.25, -0.2) is 9.59 Å². The quantitative estimate of drug-likeness (QED) is 0.201. The van der Waals surface area contributed by atoms with Crippen LogP contribution in [-0.4, -0.2) is 61.2 Å². The Bertz CT molecular complexity index is 1250. The zero-order chi connectivity index (χ0) is 28.0. The van der Waals surface area contributed by atoms with E-state index in [2.05, 4.69) is 0 Å². The molecule has 5 atom stereocenters. The molecule has 1 aromatic heterocycles. The second kappa shape index (κ2) is 12.5. The highest BCUT2D eigenvalue weighted by Crippen LogP contribution is 2.32. The minimum Gasteiger partial charge on any atom is -0.464 e. The molecule has 2 heterocycles. The summed E-state index contributed by atoms with van der Waals surface area (Å²) in [6, 6.07) is 5.97. The average molecular weight is 535 g/mol. The minimum atomic E-state index is -1.59. The van der Waals surface area contributed by atoms with E-state index in [9.17, 15) is 24.0 Å². The van der Waals surface area contributed by atoms with Gasteiger partial charge in [0, 0.05) is 38.3 Å². The fraction of sp³-hybridized carbons (Fsp3) is 0.500. The van der Waals surface area contributed by atoms with Crippen molar-refractivity contribution in [1.29, 1.82) is 0 Å². The Morgan fingerprint density at radius 3 is 2.16 bits per heavy atom. The lowest BCUT2D eigenvalue weighted by Crippen LogP contribution is -2.64. The van der Waals surface area contributed by atoms with Gasteiger partial charge in [-0.15, -0.1) is 0 Å². The van der Waals surface area contributed by atoms with Crippen molar-refractivity contribution in [3.05, 3.63) is 40.2 Å². The molecule has 0 amide bonds. The molecular weight excluding hydrogens is 504 g/mol. The predicted octanol–water partition coefficient (Wildman–Crippen LogP) is 2.34. The number of hydrogen-bond donors (Lipinski definition) is 0. The van der Waals surface area contributed by atoms with Gasteiger partial charge in [0.2, 0.25) is 12.4 Å². The smallest absolute Gasteiger partial charge is 0.339 e. The largest absolute Gasteiger partial charge is 0.464 e. The number of carbonyl (C=O) groups is 4. The summed E-state index contributed by atoms with van der Waals surface area (Å²) in [4.78, 5) is 60.7. The molecule has 1 aliphatic rings. The molecule has 3 rings (SSSR count). The minimum absolute atomic E-state index is 0.0716. The standard InChI is InChI=1S/C26H30O12/c1-6-7-10-32-25(31)23-21(33-14(3)27)22(34-15(4)28)24(35-16(5)29)26(38-23)36-17-8-9-18-13(2)11-20(30)37-19(18)12-17/h8-9,11-12,21-24,26H,6-7,10H2,1-5H3. The lowest BCUT2D eigenvalue weighted by Gasteiger charge is -2.43. The van der Waals surface area contributed by atoms with Crippen LogP contribution in [0.25, 0.3) is 11.0 Å². The van der Waals surface area contributed by atoms with Crippen LogP contribution in [0.1, 0.15) is 46.1 Å². The molecule has 0 N–H and O–H groups in total. The summed E-state index contributed by atoms with van der Waals surface area (Å²) in [5, 5.41) is 0.656. The van der Waals surface area contributed by atoms with Crippen LogP contribution >= 0.6 is 0 Å². The Balaban J connectivity index is 2.04. The summed E-state index contributed by atoms with van der Waals surface area (Å²) in [6.07, 6.45) is -6.23. The Labute approximate surface area is 218 Å². The van der Waals surface area contributed by atoms with Gasteiger partial charge in [0.25, 0.3) is 0 Å². The summed E-state index contributed by atoms with van der Waals surface area (Å²) in [7, 11) is 0. The number of unbranched alkanes of at least 4 members (excludes halogenated alkanes) is 1. The van der Waals surface area contributed by atoms with E-state index in [1.54, 1.807) is 19.1 Å². The lowest BCUT2D eigenvalue weighted by atomic mass is 9.97. The van der Waals surface area contributed by atoms with Gasteiger partial charge in [0.15, 0.2) is 18.3 Å². The molecule has 0 radical (unpaired) electrons. The first-order valence-electron chi connectivity index (χ1n) is 12.0. The number of rotatable bonds is 9. The van der Waals surface area contributed by atoms with Crippen molar-refractivity contribution in [3.8, 4) is 5.75 Å². The zero-order valence-corrected chi connectivity index (χ0v) is 21.7. The predicted molar refractivity (Wildman–Crippen MR) is 129 cm³/mol. The second-order valence-corrected chi connectivity index (χ2v) is 8.69. The number of hydrogen-bond acceptors (Lipinski definition) is 12. The third kappa shape index (κ3) is 7.09. The van der Waals surface area contributed by atoms with Gasteiger partial charge in [0.1, 0.15) is 11.3 Å². The summed E-state index contributed by atoms with van der Waals surface area (Å²) < 4.78 is 38.3. The number of ether oxygens (including phenoxy) is 6. The van der Waals surface area contributed by atoms with Crippen molar-refractivity contribution in [3.63, 3.8) is 0 Å². The van der Waals surface area contributed by atoms with E-state index in [-0.39, 0.29) is 17.9 Å². The van der Waals surface area contributed by atoms with E-state index in [1.807, 2.05) is 6.92 Å². The molecule has 0 bridgehead atoms. The first-order valence-corrected chi connectivity index (χ1v) is 12.0. The maximum absolute atomic E-state index is 13.0. The van der Waals surface area contributed by atoms with Gasteiger partial charge in [-0.1, -0.05) is 13.3 Å². The van der Waals surface area contributed by atoms with Crippen LogP contribution < -0.4 is 10.4 Å². The maximum atomic E-state index is 13.0. The number of benzene rings is 1.